The molecule has 1 heteroatoms. The van der Waals surface area contributed by atoms with Crippen molar-refractivity contribution >= 4 is 5.78 Å². The summed E-state index contributed by atoms with van der Waals surface area (Å²) in [6.45, 7) is 10.0. The van der Waals surface area contributed by atoms with Crippen LogP contribution in [0.15, 0.2) is 36.9 Å². The first-order valence-corrected chi connectivity index (χ1v) is 5.28. The summed E-state index contributed by atoms with van der Waals surface area (Å²) in [7, 11) is 0. The summed E-state index contributed by atoms with van der Waals surface area (Å²) in [6.07, 6.45) is 2.41. The second kappa shape index (κ2) is 4.43. The Bertz CT molecular complexity index is 375. The van der Waals surface area contributed by atoms with Crippen LogP contribution < -0.4 is 0 Å². The third-order valence-corrected chi connectivity index (χ3v) is 3.00. The third-order valence-electron chi connectivity index (χ3n) is 3.00. The molecule has 0 unspecified atom stereocenters. The molecule has 0 aliphatic heterocycles. The molecule has 15 heavy (non-hydrogen) atoms. The maximum absolute atomic E-state index is 11.5. The van der Waals surface area contributed by atoms with Gasteiger partial charge < -0.3 is 0 Å². The van der Waals surface area contributed by atoms with Gasteiger partial charge in [-0.05, 0) is 29.5 Å². The maximum Gasteiger partial charge on any atom is 0.185 e. The first-order chi connectivity index (χ1) is 7.01. The van der Waals surface area contributed by atoms with Crippen molar-refractivity contribution in [3.05, 3.63) is 48.0 Å². The van der Waals surface area contributed by atoms with Gasteiger partial charge >= 0.3 is 0 Å². The van der Waals surface area contributed by atoms with E-state index in [0.29, 0.717) is 0 Å². The second-order valence-electron chi connectivity index (χ2n) is 4.39. The van der Waals surface area contributed by atoms with Crippen LogP contribution in [0.5, 0.6) is 0 Å². The Balaban J connectivity index is 3.13. The molecule has 0 radical (unpaired) electrons. The van der Waals surface area contributed by atoms with Crippen molar-refractivity contribution in [2.75, 3.05) is 0 Å². The van der Waals surface area contributed by atoms with Crippen LogP contribution in [0, 0.1) is 0 Å². The zero-order chi connectivity index (χ0) is 11.5. The lowest BCUT2D eigenvalue weighted by Crippen LogP contribution is -2.15. The smallest absolute Gasteiger partial charge is 0.185 e. The van der Waals surface area contributed by atoms with Gasteiger partial charge in [-0.3, -0.25) is 4.79 Å². The number of benzene rings is 1. The van der Waals surface area contributed by atoms with Gasteiger partial charge in [0, 0.05) is 5.56 Å². The molecular formula is C14H18O. The van der Waals surface area contributed by atoms with Gasteiger partial charge in [0.05, 0.1) is 0 Å². The van der Waals surface area contributed by atoms with Crippen molar-refractivity contribution in [3.8, 4) is 0 Å². The van der Waals surface area contributed by atoms with Gasteiger partial charge in [0.2, 0.25) is 0 Å². The van der Waals surface area contributed by atoms with Crippen LogP contribution in [0.25, 0.3) is 0 Å². The summed E-state index contributed by atoms with van der Waals surface area (Å²) in [6, 6.07) is 7.81. The standard InChI is InChI=1S/C14H18O/c1-5-13(15)11-8-7-9-12(10-11)14(3,4)6-2/h5,7-10H,1,6H2,2-4H3. The Kier molecular flexibility index (Phi) is 3.46. The molecule has 0 aromatic heterocycles. The Morgan fingerprint density at radius 1 is 1.47 bits per heavy atom. The summed E-state index contributed by atoms with van der Waals surface area (Å²) in [5.41, 5.74) is 2.05. The van der Waals surface area contributed by atoms with E-state index in [9.17, 15) is 4.79 Å². The van der Waals surface area contributed by atoms with Crippen molar-refractivity contribution in [2.24, 2.45) is 0 Å². The van der Waals surface area contributed by atoms with E-state index in [-0.39, 0.29) is 11.2 Å². The van der Waals surface area contributed by atoms with Crippen LogP contribution in [0.2, 0.25) is 0 Å². The van der Waals surface area contributed by atoms with E-state index >= 15 is 0 Å². The van der Waals surface area contributed by atoms with Gasteiger partial charge in [0.25, 0.3) is 0 Å². The Labute approximate surface area is 91.8 Å². The molecule has 0 heterocycles. The van der Waals surface area contributed by atoms with E-state index in [1.165, 1.54) is 11.6 Å². The van der Waals surface area contributed by atoms with Crippen LogP contribution in [-0.2, 0) is 5.41 Å². The molecule has 0 aliphatic rings. The van der Waals surface area contributed by atoms with Crippen molar-refractivity contribution in [1.29, 1.82) is 0 Å². The molecule has 0 aliphatic carbocycles. The highest BCUT2D eigenvalue weighted by molar-refractivity contribution is 6.04. The maximum atomic E-state index is 11.5. The monoisotopic (exact) mass is 202 g/mol. The van der Waals surface area contributed by atoms with Crippen molar-refractivity contribution in [2.45, 2.75) is 32.6 Å². The lowest BCUT2D eigenvalue weighted by atomic mass is 9.81. The van der Waals surface area contributed by atoms with Crippen LogP contribution in [-0.4, -0.2) is 5.78 Å². The minimum Gasteiger partial charge on any atom is -0.289 e. The minimum absolute atomic E-state index is 0.0104. The highest BCUT2D eigenvalue weighted by Gasteiger charge is 2.18. The Morgan fingerprint density at radius 2 is 2.13 bits per heavy atom. The van der Waals surface area contributed by atoms with Crippen LogP contribution in [0.4, 0.5) is 0 Å². The highest BCUT2D eigenvalue weighted by Crippen LogP contribution is 2.27. The number of rotatable bonds is 4. The zero-order valence-electron chi connectivity index (χ0n) is 9.71. The number of carbonyl (C=O) groups excluding carboxylic acids is 1. The number of carbonyl (C=O) groups is 1. The molecule has 1 aromatic carbocycles. The summed E-state index contributed by atoms with van der Waals surface area (Å²) < 4.78 is 0. The third kappa shape index (κ3) is 2.56. The lowest BCUT2D eigenvalue weighted by Gasteiger charge is -2.23. The first kappa shape index (κ1) is 11.7. The molecule has 1 aromatic rings. The van der Waals surface area contributed by atoms with Gasteiger partial charge in [0.15, 0.2) is 5.78 Å². The normalized spacial score (nSPS) is 11.1. The molecule has 0 N–H and O–H groups in total. The van der Waals surface area contributed by atoms with E-state index in [0.717, 1.165) is 12.0 Å². The molecule has 0 atom stereocenters. The van der Waals surface area contributed by atoms with E-state index in [2.05, 4.69) is 33.4 Å². The largest absolute Gasteiger partial charge is 0.289 e. The first-order valence-electron chi connectivity index (χ1n) is 5.28. The van der Waals surface area contributed by atoms with E-state index in [1.54, 1.807) is 0 Å². The zero-order valence-corrected chi connectivity index (χ0v) is 9.71. The quantitative estimate of drug-likeness (QED) is 0.537. The number of ketones is 1. The van der Waals surface area contributed by atoms with Gasteiger partial charge in [0.1, 0.15) is 0 Å². The van der Waals surface area contributed by atoms with Gasteiger partial charge in [-0.1, -0.05) is 45.5 Å². The molecule has 0 spiro atoms. The topological polar surface area (TPSA) is 17.1 Å². The molecule has 0 fully saturated rings. The SMILES string of the molecule is C=CC(=O)c1cccc(C(C)(C)CC)c1. The molecule has 0 saturated carbocycles. The average Bonchev–Trinajstić information content (AvgIpc) is 2.28. The summed E-state index contributed by atoms with van der Waals surface area (Å²) in [4.78, 5) is 11.5. The highest BCUT2D eigenvalue weighted by atomic mass is 16.1. The van der Waals surface area contributed by atoms with Gasteiger partial charge in [-0.15, -0.1) is 0 Å². The summed E-state index contributed by atoms with van der Waals surface area (Å²) in [5, 5.41) is 0. The molecule has 1 nitrogen and oxygen atoms in total. The van der Waals surface area contributed by atoms with Crippen molar-refractivity contribution in [1.82, 2.24) is 0 Å². The van der Waals surface area contributed by atoms with Crippen molar-refractivity contribution < 1.29 is 4.79 Å². The molecule has 80 valence electrons. The Hall–Kier alpha value is -1.37. The fourth-order valence-corrected chi connectivity index (χ4v) is 1.42. The average molecular weight is 202 g/mol. The summed E-state index contributed by atoms with van der Waals surface area (Å²) >= 11 is 0. The molecule has 1 rings (SSSR count). The number of hydrogen-bond acceptors (Lipinski definition) is 1. The summed E-state index contributed by atoms with van der Waals surface area (Å²) in [5.74, 6) is -0.0104. The van der Waals surface area contributed by atoms with Gasteiger partial charge in [-0.25, -0.2) is 0 Å². The predicted molar refractivity (Wildman–Crippen MR) is 64.3 cm³/mol. The van der Waals surface area contributed by atoms with Crippen molar-refractivity contribution in [3.63, 3.8) is 0 Å². The van der Waals surface area contributed by atoms with Crippen LogP contribution >= 0.6 is 0 Å². The van der Waals surface area contributed by atoms with E-state index < -0.39 is 0 Å². The van der Waals surface area contributed by atoms with E-state index in [4.69, 9.17) is 0 Å². The molecule has 0 bridgehead atoms. The van der Waals surface area contributed by atoms with E-state index in [1.807, 2.05) is 18.2 Å². The fourth-order valence-electron chi connectivity index (χ4n) is 1.42. The number of hydrogen-bond donors (Lipinski definition) is 0. The van der Waals surface area contributed by atoms with Crippen LogP contribution in [0.1, 0.15) is 43.1 Å². The molecular weight excluding hydrogens is 184 g/mol. The molecule has 0 amide bonds. The van der Waals surface area contributed by atoms with Crippen LogP contribution in [0.3, 0.4) is 0 Å². The minimum atomic E-state index is -0.0104. The predicted octanol–water partition coefficient (Wildman–Crippen LogP) is 3.74. The Morgan fingerprint density at radius 3 is 2.67 bits per heavy atom. The molecule has 0 saturated heterocycles. The second-order valence-corrected chi connectivity index (χ2v) is 4.39. The lowest BCUT2D eigenvalue weighted by molar-refractivity contribution is 0.104. The fraction of sp³-hybridized carbons (Fsp3) is 0.357. The number of allylic oxidation sites excluding steroid dienone is 1. The van der Waals surface area contributed by atoms with Gasteiger partial charge in [-0.2, -0.15) is 0 Å².